The molecule has 0 unspecified atom stereocenters. The van der Waals surface area contributed by atoms with Gasteiger partial charge in [0.1, 0.15) is 5.58 Å². The summed E-state index contributed by atoms with van der Waals surface area (Å²) in [5, 5.41) is 5.69. The molecule has 2 aromatic rings. The third kappa shape index (κ3) is 4.89. The van der Waals surface area contributed by atoms with Crippen molar-refractivity contribution in [2.45, 2.75) is 44.8 Å². The number of urea groups is 1. The van der Waals surface area contributed by atoms with Crippen LogP contribution in [0, 0.1) is 0 Å². The maximum absolute atomic E-state index is 12.4. The molecule has 8 heteroatoms. The van der Waals surface area contributed by atoms with E-state index in [2.05, 4.69) is 10.6 Å². The fraction of sp³-hybridized carbons (Fsp3) is 0.450. The molecule has 0 aliphatic heterocycles. The highest BCUT2D eigenvalue weighted by Gasteiger charge is 2.23. The molecule has 1 fully saturated rings. The lowest BCUT2D eigenvalue weighted by Crippen LogP contribution is -2.46. The van der Waals surface area contributed by atoms with Gasteiger partial charge in [-0.2, -0.15) is 0 Å². The minimum Gasteiger partial charge on any atom is -0.450 e. The second-order valence-corrected chi connectivity index (χ2v) is 6.77. The molecule has 28 heavy (non-hydrogen) atoms. The van der Waals surface area contributed by atoms with Crippen molar-refractivity contribution in [3.8, 4) is 0 Å². The average Bonchev–Trinajstić information content (AvgIpc) is 3.06. The van der Waals surface area contributed by atoms with Gasteiger partial charge in [-0.1, -0.05) is 37.5 Å². The molecule has 3 rings (SSSR count). The van der Waals surface area contributed by atoms with Crippen LogP contribution in [-0.2, 0) is 20.9 Å². The predicted octanol–water partition coefficient (Wildman–Crippen LogP) is 2.89. The quantitative estimate of drug-likeness (QED) is 0.737. The Morgan fingerprint density at radius 2 is 1.89 bits per heavy atom. The van der Waals surface area contributed by atoms with E-state index in [0.29, 0.717) is 11.1 Å². The number of para-hydroxylation sites is 1. The summed E-state index contributed by atoms with van der Waals surface area (Å²) in [6.45, 7) is -0.419. The van der Waals surface area contributed by atoms with Crippen LogP contribution >= 0.6 is 0 Å². The zero-order valence-corrected chi connectivity index (χ0v) is 15.8. The van der Waals surface area contributed by atoms with Gasteiger partial charge in [-0.3, -0.25) is 10.1 Å². The minimum atomic E-state index is -0.786. The number of nitrogens with one attached hydrogen (secondary N) is 2. The first-order valence-electron chi connectivity index (χ1n) is 9.35. The maximum Gasteiger partial charge on any atom is 0.375 e. The number of imide groups is 1. The number of ether oxygens (including phenoxy) is 2. The van der Waals surface area contributed by atoms with Gasteiger partial charge in [-0.05, 0) is 18.9 Å². The fourth-order valence-electron chi connectivity index (χ4n) is 3.38. The molecule has 1 aliphatic carbocycles. The van der Waals surface area contributed by atoms with Gasteiger partial charge < -0.3 is 19.2 Å². The largest absolute Gasteiger partial charge is 0.450 e. The number of amides is 3. The van der Waals surface area contributed by atoms with Crippen LogP contribution in [0.1, 0.15) is 48.2 Å². The van der Waals surface area contributed by atoms with Crippen molar-refractivity contribution in [3.05, 3.63) is 35.6 Å². The summed E-state index contributed by atoms with van der Waals surface area (Å²) < 4.78 is 15.7. The summed E-state index contributed by atoms with van der Waals surface area (Å²) in [7, 11) is 1.51. The van der Waals surface area contributed by atoms with Crippen LogP contribution in [0.2, 0.25) is 0 Å². The van der Waals surface area contributed by atoms with Gasteiger partial charge in [0.25, 0.3) is 5.91 Å². The van der Waals surface area contributed by atoms with Crippen LogP contribution in [0.3, 0.4) is 0 Å². The molecule has 3 amide bonds. The number of hydrogen-bond donors (Lipinski definition) is 2. The molecule has 1 aromatic heterocycles. The Morgan fingerprint density at radius 3 is 2.64 bits per heavy atom. The van der Waals surface area contributed by atoms with Crippen LogP contribution in [0.4, 0.5) is 4.79 Å². The molecule has 0 saturated heterocycles. The van der Waals surface area contributed by atoms with Crippen LogP contribution in [0.15, 0.2) is 28.7 Å². The predicted molar refractivity (Wildman–Crippen MR) is 101 cm³/mol. The van der Waals surface area contributed by atoms with E-state index in [0.717, 1.165) is 31.1 Å². The first-order valence-corrected chi connectivity index (χ1v) is 9.35. The number of hydrogen-bond acceptors (Lipinski definition) is 6. The lowest BCUT2D eigenvalue weighted by atomic mass is 9.96. The van der Waals surface area contributed by atoms with Gasteiger partial charge in [-0.25, -0.2) is 9.59 Å². The highest BCUT2D eigenvalue weighted by Crippen LogP contribution is 2.27. The van der Waals surface area contributed by atoms with E-state index in [-0.39, 0.29) is 18.4 Å². The number of rotatable bonds is 6. The van der Waals surface area contributed by atoms with Crippen LogP contribution in [0.5, 0.6) is 0 Å². The van der Waals surface area contributed by atoms with Gasteiger partial charge in [0, 0.05) is 24.1 Å². The van der Waals surface area contributed by atoms with Crippen molar-refractivity contribution in [2.24, 2.45) is 0 Å². The Morgan fingerprint density at radius 1 is 1.14 bits per heavy atom. The Balaban J connectivity index is 1.54. The minimum absolute atomic E-state index is 0.0116. The standard InChI is InChI=1S/C20H24N2O6/c1-26-11-15-14-9-5-6-10-16(14)28-18(15)19(24)27-12-17(23)22-20(25)21-13-7-3-2-4-8-13/h5-6,9-10,13H,2-4,7-8,11-12H2,1H3,(H2,21,22,23,25). The number of carbonyl (C=O) groups excluding carboxylic acids is 3. The number of esters is 1. The smallest absolute Gasteiger partial charge is 0.375 e. The number of carbonyl (C=O) groups is 3. The molecule has 150 valence electrons. The van der Waals surface area contributed by atoms with E-state index in [1.165, 1.54) is 13.5 Å². The highest BCUT2D eigenvalue weighted by molar-refractivity contribution is 5.99. The second-order valence-electron chi connectivity index (χ2n) is 6.77. The SMILES string of the molecule is COCc1c(C(=O)OCC(=O)NC(=O)NC2CCCCC2)oc2ccccc12. The Labute approximate surface area is 162 Å². The van der Waals surface area contributed by atoms with E-state index in [4.69, 9.17) is 13.9 Å². The van der Waals surface area contributed by atoms with Gasteiger partial charge in [0.2, 0.25) is 5.76 Å². The molecular weight excluding hydrogens is 364 g/mol. The van der Waals surface area contributed by atoms with E-state index >= 15 is 0 Å². The Kier molecular flexibility index (Phi) is 6.65. The molecule has 0 bridgehead atoms. The number of furan rings is 1. The summed E-state index contributed by atoms with van der Waals surface area (Å²) in [4.78, 5) is 36.1. The van der Waals surface area contributed by atoms with Crippen molar-refractivity contribution in [3.63, 3.8) is 0 Å². The molecule has 0 radical (unpaired) electrons. The van der Waals surface area contributed by atoms with E-state index in [9.17, 15) is 14.4 Å². The molecule has 2 N–H and O–H groups in total. The van der Waals surface area contributed by atoms with E-state index < -0.39 is 24.5 Å². The molecule has 8 nitrogen and oxygen atoms in total. The summed E-state index contributed by atoms with van der Waals surface area (Å²) >= 11 is 0. The van der Waals surface area contributed by atoms with Gasteiger partial charge in [-0.15, -0.1) is 0 Å². The maximum atomic E-state index is 12.4. The molecule has 1 aliphatic rings. The highest BCUT2D eigenvalue weighted by atomic mass is 16.5. The Bertz CT molecular complexity index is 853. The summed E-state index contributed by atoms with van der Waals surface area (Å²) in [5.74, 6) is -1.50. The van der Waals surface area contributed by atoms with Gasteiger partial charge in [0.15, 0.2) is 6.61 Å². The normalized spacial score (nSPS) is 14.6. The van der Waals surface area contributed by atoms with Crippen molar-refractivity contribution in [2.75, 3.05) is 13.7 Å². The zero-order valence-electron chi connectivity index (χ0n) is 15.8. The summed E-state index contributed by atoms with van der Waals surface area (Å²) in [6.07, 6.45) is 5.12. The van der Waals surface area contributed by atoms with Crippen LogP contribution < -0.4 is 10.6 Å². The summed E-state index contributed by atoms with van der Waals surface area (Å²) in [6, 6.07) is 6.66. The van der Waals surface area contributed by atoms with Crippen molar-refractivity contribution in [1.82, 2.24) is 10.6 Å². The number of fused-ring (bicyclic) bond motifs is 1. The van der Waals surface area contributed by atoms with Crippen molar-refractivity contribution in [1.29, 1.82) is 0 Å². The molecule has 1 heterocycles. The zero-order chi connectivity index (χ0) is 19.9. The first-order chi connectivity index (χ1) is 13.6. The number of methoxy groups -OCH3 is 1. The molecule has 0 atom stereocenters. The van der Waals surface area contributed by atoms with Gasteiger partial charge >= 0.3 is 12.0 Å². The molecule has 0 spiro atoms. The number of benzene rings is 1. The van der Waals surface area contributed by atoms with Crippen LogP contribution in [0.25, 0.3) is 11.0 Å². The average molecular weight is 388 g/mol. The van der Waals surface area contributed by atoms with Crippen LogP contribution in [-0.4, -0.2) is 37.7 Å². The van der Waals surface area contributed by atoms with E-state index in [1.807, 2.05) is 12.1 Å². The van der Waals surface area contributed by atoms with Crippen molar-refractivity contribution >= 4 is 28.9 Å². The molecular formula is C20H24N2O6. The third-order valence-electron chi connectivity index (χ3n) is 4.70. The first kappa shape index (κ1) is 19.9. The topological polar surface area (TPSA) is 107 Å². The monoisotopic (exact) mass is 388 g/mol. The lowest BCUT2D eigenvalue weighted by Gasteiger charge is -2.22. The Hall–Kier alpha value is -2.87. The third-order valence-corrected chi connectivity index (χ3v) is 4.70. The van der Waals surface area contributed by atoms with Gasteiger partial charge in [0.05, 0.1) is 6.61 Å². The summed E-state index contributed by atoms with van der Waals surface area (Å²) in [5.41, 5.74) is 1.08. The molecule has 1 saturated carbocycles. The fourth-order valence-corrected chi connectivity index (χ4v) is 3.38. The lowest BCUT2D eigenvalue weighted by molar-refractivity contribution is -0.123. The second kappa shape index (κ2) is 9.36. The van der Waals surface area contributed by atoms with Crippen molar-refractivity contribution < 1.29 is 28.3 Å². The van der Waals surface area contributed by atoms with E-state index in [1.54, 1.807) is 12.1 Å². The molecule has 1 aromatic carbocycles.